The molecule has 0 heterocycles. The second-order valence-electron chi connectivity index (χ2n) is 9.74. The average molecular weight is 635 g/mol. The van der Waals surface area contributed by atoms with Gasteiger partial charge in [-0.05, 0) is 47.4 Å². The quantitative estimate of drug-likeness (QED) is 0.294. The molecule has 0 aliphatic carbocycles. The molecule has 0 spiro atoms. The Morgan fingerprint density at radius 2 is 1.62 bits per heavy atom. The van der Waals surface area contributed by atoms with Crippen LogP contribution in [0.5, 0.6) is 0 Å². The zero-order valence-electron chi connectivity index (χ0n) is 22.2. The first-order valence-corrected chi connectivity index (χ1v) is 15.5. The van der Waals surface area contributed by atoms with Crippen molar-refractivity contribution in [1.29, 1.82) is 0 Å². The summed E-state index contributed by atoms with van der Waals surface area (Å²) in [7, 11) is -3.85. The van der Waals surface area contributed by atoms with Gasteiger partial charge >= 0.3 is 0 Å². The molecule has 0 saturated heterocycles. The Morgan fingerprint density at radius 1 is 0.949 bits per heavy atom. The fourth-order valence-electron chi connectivity index (χ4n) is 4.01. The van der Waals surface area contributed by atoms with E-state index < -0.39 is 28.5 Å². The molecule has 0 unspecified atom stereocenters. The maximum atomic E-state index is 14.0. The van der Waals surface area contributed by atoms with Gasteiger partial charge in [-0.2, -0.15) is 0 Å². The molecule has 0 aliphatic heterocycles. The summed E-state index contributed by atoms with van der Waals surface area (Å²) in [6.45, 7) is 4.06. The van der Waals surface area contributed by atoms with Crippen LogP contribution in [0.25, 0.3) is 0 Å². The third kappa shape index (κ3) is 9.37. The van der Waals surface area contributed by atoms with Gasteiger partial charge in [-0.1, -0.05) is 89.9 Å². The SMILES string of the molecule is CC(C)CNC(=O)[C@H](Cc1ccccc1)N(Cc1ccc(Br)cc1)C(=O)CN(c1cccc(Cl)c1)S(C)(=O)=O. The molecule has 7 nitrogen and oxygen atoms in total. The van der Waals surface area contributed by atoms with Gasteiger partial charge in [0.05, 0.1) is 11.9 Å². The smallest absolute Gasteiger partial charge is 0.244 e. The Bertz CT molecular complexity index is 1370. The van der Waals surface area contributed by atoms with Gasteiger partial charge in [-0.3, -0.25) is 13.9 Å². The van der Waals surface area contributed by atoms with Crippen molar-refractivity contribution < 1.29 is 18.0 Å². The Labute approximate surface area is 244 Å². The highest BCUT2D eigenvalue weighted by Gasteiger charge is 2.33. The molecule has 0 fully saturated rings. The maximum Gasteiger partial charge on any atom is 0.244 e. The van der Waals surface area contributed by atoms with Crippen LogP contribution >= 0.6 is 27.5 Å². The van der Waals surface area contributed by atoms with Gasteiger partial charge in [0.2, 0.25) is 21.8 Å². The van der Waals surface area contributed by atoms with Crippen LogP contribution in [0.2, 0.25) is 5.02 Å². The van der Waals surface area contributed by atoms with E-state index in [9.17, 15) is 18.0 Å². The largest absolute Gasteiger partial charge is 0.354 e. The number of amides is 2. The Balaban J connectivity index is 2.04. The Morgan fingerprint density at radius 3 is 2.21 bits per heavy atom. The van der Waals surface area contributed by atoms with Crippen LogP contribution in [-0.2, 0) is 32.6 Å². The number of hydrogen-bond acceptors (Lipinski definition) is 4. The van der Waals surface area contributed by atoms with Gasteiger partial charge in [0.25, 0.3) is 0 Å². The summed E-state index contributed by atoms with van der Waals surface area (Å²) in [5.74, 6) is -0.596. The maximum absolute atomic E-state index is 14.0. The summed E-state index contributed by atoms with van der Waals surface area (Å²) in [6.07, 6.45) is 1.31. The summed E-state index contributed by atoms with van der Waals surface area (Å²) >= 11 is 9.56. The van der Waals surface area contributed by atoms with Crippen molar-refractivity contribution in [3.8, 4) is 0 Å². The topological polar surface area (TPSA) is 86.8 Å². The van der Waals surface area contributed by atoms with Gasteiger partial charge in [0, 0.05) is 29.0 Å². The van der Waals surface area contributed by atoms with Crippen LogP contribution in [-0.4, -0.2) is 50.5 Å². The molecule has 3 rings (SSSR count). The number of nitrogens with zero attached hydrogens (tertiary/aromatic N) is 2. The van der Waals surface area contributed by atoms with Crippen molar-refractivity contribution in [2.75, 3.05) is 23.7 Å². The molecule has 10 heteroatoms. The van der Waals surface area contributed by atoms with Crippen LogP contribution in [0, 0.1) is 5.92 Å². The first-order chi connectivity index (χ1) is 18.4. The first-order valence-electron chi connectivity index (χ1n) is 12.5. The third-order valence-corrected chi connectivity index (χ3v) is 7.90. The molecule has 1 N–H and O–H groups in total. The normalized spacial score (nSPS) is 12.2. The molecule has 0 aliphatic rings. The molecule has 3 aromatic carbocycles. The van der Waals surface area contributed by atoms with Crippen molar-refractivity contribution in [3.05, 3.63) is 99.5 Å². The zero-order chi connectivity index (χ0) is 28.6. The van der Waals surface area contributed by atoms with Gasteiger partial charge in [0.1, 0.15) is 12.6 Å². The lowest BCUT2D eigenvalue weighted by Gasteiger charge is -2.33. The highest BCUT2D eigenvalue weighted by atomic mass is 79.9. The number of sulfonamides is 1. The Kier molecular flexibility index (Phi) is 11.0. The van der Waals surface area contributed by atoms with Crippen LogP contribution in [0.1, 0.15) is 25.0 Å². The highest BCUT2D eigenvalue weighted by Crippen LogP contribution is 2.23. The lowest BCUT2D eigenvalue weighted by Crippen LogP contribution is -2.53. The monoisotopic (exact) mass is 633 g/mol. The highest BCUT2D eigenvalue weighted by molar-refractivity contribution is 9.10. The standard InChI is InChI=1S/C29H33BrClN3O4S/c1-21(2)18-32-29(36)27(16-22-8-5-4-6-9-22)33(19-23-12-14-24(30)15-13-23)28(35)20-34(39(3,37)38)26-11-7-10-25(31)17-26/h4-15,17,21,27H,16,18-20H2,1-3H3,(H,32,36)/t27-/m0/s1. The van der Waals surface area contributed by atoms with Crippen LogP contribution < -0.4 is 9.62 Å². The number of nitrogens with one attached hydrogen (secondary N) is 1. The average Bonchev–Trinajstić information content (AvgIpc) is 2.88. The van der Waals surface area contributed by atoms with E-state index in [0.29, 0.717) is 11.6 Å². The minimum atomic E-state index is -3.85. The van der Waals surface area contributed by atoms with Crippen LogP contribution in [0.4, 0.5) is 5.69 Å². The number of anilines is 1. The number of carbonyl (C=O) groups is 2. The third-order valence-electron chi connectivity index (χ3n) is 6.00. The summed E-state index contributed by atoms with van der Waals surface area (Å²) in [6, 6.07) is 22.3. The van der Waals surface area contributed by atoms with Gasteiger partial charge in [0.15, 0.2) is 0 Å². The van der Waals surface area contributed by atoms with E-state index >= 15 is 0 Å². The lowest BCUT2D eigenvalue weighted by molar-refractivity contribution is -0.140. The van der Waals surface area contributed by atoms with Crippen molar-refractivity contribution in [2.24, 2.45) is 5.92 Å². The predicted molar refractivity (Wildman–Crippen MR) is 160 cm³/mol. The van der Waals surface area contributed by atoms with Crippen molar-refractivity contribution in [3.63, 3.8) is 0 Å². The minimum absolute atomic E-state index is 0.117. The number of hydrogen-bond donors (Lipinski definition) is 1. The van der Waals surface area contributed by atoms with Crippen LogP contribution in [0.15, 0.2) is 83.3 Å². The molecule has 0 radical (unpaired) electrons. The fraction of sp³-hybridized carbons (Fsp3) is 0.310. The van der Waals surface area contributed by atoms with Gasteiger partial charge < -0.3 is 10.2 Å². The van der Waals surface area contributed by atoms with Crippen molar-refractivity contribution in [2.45, 2.75) is 32.9 Å². The van der Waals surface area contributed by atoms with E-state index in [-0.39, 0.29) is 30.5 Å². The van der Waals surface area contributed by atoms with Crippen LogP contribution in [0.3, 0.4) is 0 Å². The molecule has 0 aromatic heterocycles. The molecule has 0 bridgehead atoms. The first kappa shape index (κ1) is 30.7. The molecule has 39 heavy (non-hydrogen) atoms. The number of carbonyl (C=O) groups excluding carboxylic acids is 2. The van der Waals surface area contributed by atoms with Gasteiger partial charge in [-0.15, -0.1) is 0 Å². The Hall–Kier alpha value is -2.88. The van der Waals surface area contributed by atoms with Crippen molar-refractivity contribution >= 4 is 55.1 Å². The summed E-state index contributed by atoms with van der Waals surface area (Å²) < 4.78 is 27.5. The summed E-state index contributed by atoms with van der Waals surface area (Å²) in [4.78, 5) is 29.0. The zero-order valence-corrected chi connectivity index (χ0v) is 25.3. The molecule has 2 amide bonds. The van der Waals surface area contributed by atoms with E-state index in [2.05, 4.69) is 21.2 Å². The lowest BCUT2D eigenvalue weighted by atomic mass is 10.0. The predicted octanol–water partition coefficient (Wildman–Crippen LogP) is 5.28. The second kappa shape index (κ2) is 14.0. The van der Waals surface area contributed by atoms with E-state index in [1.807, 2.05) is 68.4 Å². The number of rotatable bonds is 12. The van der Waals surface area contributed by atoms with Gasteiger partial charge in [-0.25, -0.2) is 8.42 Å². The molecular weight excluding hydrogens is 602 g/mol. The number of halogens is 2. The minimum Gasteiger partial charge on any atom is -0.354 e. The number of benzene rings is 3. The molecule has 3 aromatic rings. The second-order valence-corrected chi connectivity index (χ2v) is 13.0. The fourth-order valence-corrected chi connectivity index (χ4v) is 5.30. The molecule has 208 valence electrons. The summed E-state index contributed by atoms with van der Waals surface area (Å²) in [5.41, 5.74) is 1.95. The summed E-state index contributed by atoms with van der Waals surface area (Å²) in [5, 5.41) is 3.31. The molecule has 1 atom stereocenters. The van der Waals surface area contributed by atoms with Crippen molar-refractivity contribution in [1.82, 2.24) is 10.2 Å². The van der Waals surface area contributed by atoms with E-state index in [1.165, 1.54) is 11.0 Å². The van der Waals surface area contributed by atoms with E-state index in [1.54, 1.807) is 18.2 Å². The van der Waals surface area contributed by atoms with E-state index in [0.717, 1.165) is 26.2 Å². The molecule has 0 saturated carbocycles. The molecular formula is C29H33BrClN3O4S. The van der Waals surface area contributed by atoms with E-state index in [4.69, 9.17) is 11.6 Å².